The van der Waals surface area contributed by atoms with Gasteiger partial charge in [0.05, 0.1) is 13.4 Å². The molecule has 0 spiro atoms. The first-order valence-corrected chi connectivity index (χ1v) is 3.19. The zero-order valence-electron chi connectivity index (χ0n) is 9.23. The number of aliphatic hydroxyl groups excluding tert-OH is 1. The van der Waals surface area contributed by atoms with Crippen molar-refractivity contribution in [1.82, 2.24) is 0 Å². The molecule has 0 saturated heterocycles. The molecule has 0 aliphatic heterocycles. The van der Waals surface area contributed by atoms with Crippen LogP contribution in [-0.2, 0) is 19.0 Å². The van der Waals surface area contributed by atoms with Crippen LogP contribution in [0.5, 0.6) is 0 Å². The third-order valence-electron chi connectivity index (χ3n) is 1.24. The summed E-state index contributed by atoms with van der Waals surface area (Å²) >= 11 is 0. The Morgan fingerprint density at radius 2 is 1.85 bits per heavy atom. The SMILES string of the molecule is COC(=O)/C(=C\O)C(OC)OC.[H-].[Na+]. The fourth-order valence-corrected chi connectivity index (χ4v) is 0.678. The summed E-state index contributed by atoms with van der Waals surface area (Å²) in [5, 5.41) is 8.64. The quantitative estimate of drug-likeness (QED) is 0.176. The van der Waals surface area contributed by atoms with E-state index < -0.39 is 12.3 Å². The second-order valence-corrected chi connectivity index (χ2v) is 1.88. The molecule has 0 unspecified atom stereocenters. The summed E-state index contributed by atoms with van der Waals surface area (Å²) in [7, 11) is 3.90. The molecule has 0 heterocycles. The maximum atomic E-state index is 10.9. The van der Waals surface area contributed by atoms with E-state index in [0.29, 0.717) is 6.26 Å². The van der Waals surface area contributed by atoms with Gasteiger partial charge in [-0.05, 0) is 0 Å². The zero-order chi connectivity index (χ0) is 9.56. The summed E-state index contributed by atoms with van der Waals surface area (Å²) < 4.78 is 13.8. The number of hydrogen-bond acceptors (Lipinski definition) is 5. The molecule has 5 nitrogen and oxygen atoms in total. The van der Waals surface area contributed by atoms with Crippen molar-refractivity contribution < 1.29 is 55.1 Å². The Balaban J connectivity index is -0.000000605. The number of rotatable bonds is 4. The van der Waals surface area contributed by atoms with Crippen LogP contribution in [0.15, 0.2) is 11.8 Å². The third-order valence-corrected chi connectivity index (χ3v) is 1.24. The van der Waals surface area contributed by atoms with Crippen LogP contribution in [0.25, 0.3) is 0 Å². The largest absolute Gasteiger partial charge is 1.00 e. The standard InChI is InChI=1S/C7H12O5.Na.H/c1-10-6(9)5(4-8)7(11-2)12-3;;/h4,7-8H,1-3H3;;/q;+1;-1/b5-4+;;. The first-order valence-electron chi connectivity index (χ1n) is 3.19. The molecule has 0 saturated carbocycles. The number of esters is 1. The Morgan fingerprint density at radius 1 is 1.38 bits per heavy atom. The van der Waals surface area contributed by atoms with Gasteiger partial charge in [0.1, 0.15) is 5.57 Å². The van der Waals surface area contributed by atoms with Crippen LogP contribution in [0.4, 0.5) is 0 Å². The third kappa shape index (κ3) is 4.64. The molecule has 0 amide bonds. The fourth-order valence-electron chi connectivity index (χ4n) is 0.678. The summed E-state index contributed by atoms with van der Waals surface area (Å²) in [5.41, 5.74) is -0.0810. The molecule has 0 aliphatic rings. The van der Waals surface area contributed by atoms with E-state index in [0.717, 1.165) is 0 Å². The van der Waals surface area contributed by atoms with Crippen LogP contribution in [0, 0.1) is 0 Å². The molecule has 0 fully saturated rings. The first-order chi connectivity index (χ1) is 5.71. The van der Waals surface area contributed by atoms with E-state index >= 15 is 0 Å². The number of methoxy groups -OCH3 is 3. The smallest absolute Gasteiger partial charge is 1.00 e. The normalized spacial score (nSPS) is 10.9. The minimum absolute atomic E-state index is 0. The maximum absolute atomic E-state index is 10.9. The molecule has 72 valence electrons. The molecule has 0 radical (unpaired) electrons. The molecule has 0 rings (SSSR count). The Labute approximate surface area is 100 Å². The van der Waals surface area contributed by atoms with Crippen LogP contribution >= 0.6 is 0 Å². The van der Waals surface area contributed by atoms with E-state index in [9.17, 15) is 4.79 Å². The second kappa shape index (κ2) is 8.52. The Bertz CT molecular complexity index is 181. The number of carbonyl (C=O) groups is 1. The molecular weight excluding hydrogens is 187 g/mol. The number of ether oxygens (including phenoxy) is 3. The molecule has 6 heteroatoms. The Morgan fingerprint density at radius 3 is 2.08 bits per heavy atom. The van der Waals surface area contributed by atoms with E-state index in [4.69, 9.17) is 14.6 Å². The van der Waals surface area contributed by atoms with E-state index in [1.165, 1.54) is 21.3 Å². The van der Waals surface area contributed by atoms with Gasteiger partial charge in [0.2, 0.25) is 0 Å². The first kappa shape index (κ1) is 15.4. The van der Waals surface area contributed by atoms with Crippen molar-refractivity contribution in [3.05, 3.63) is 11.8 Å². The summed E-state index contributed by atoms with van der Waals surface area (Å²) in [4.78, 5) is 10.9. The average molecular weight is 200 g/mol. The van der Waals surface area contributed by atoms with Gasteiger partial charge in [0.25, 0.3) is 0 Å². The molecule has 0 bridgehead atoms. The molecule has 0 atom stereocenters. The maximum Gasteiger partial charge on any atom is 1.00 e. The fraction of sp³-hybridized carbons (Fsp3) is 0.571. The van der Waals surface area contributed by atoms with Gasteiger partial charge in [0.15, 0.2) is 6.29 Å². The summed E-state index contributed by atoms with van der Waals surface area (Å²) in [6.07, 6.45) is -0.300. The molecule has 13 heavy (non-hydrogen) atoms. The second-order valence-electron chi connectivity index (χ2n) is 1.88. The Hall–Kier alpha value is -0.0700. The van der Waals surface area contributed by atoms with E-state index in [1.807, 2.05) is 0 Å². The predicted molar refractivity (Wildman–Crippen MR) is 41.6 cm³/mol. The van der Waals surface area contributed by atoms with Crippen molar-refractivity contribution in [2.45, 2.75) is 6.29 Å². The van der Waals surface area contributed by atoms with Gasteiger partial charge in [-0.3, -0.25) is 0 Å². The van der Waals surface area contributed by atoms with Gasteiger partial charge in [-0.2, -0.15) is 0 Å². The number of hydrogen-bond donors (Lipinski definition) is 1. The summed E-state index contributed by atoms with van der Waals surface area (Å²) in [6.45, 7) is 0. The van der Waals surface area contributed by atoms with E-state index in [1.54, 1.807) is 0 Å². The van der Waals surface area contributed by atoms with Crippen LogP contribution in [-0.4, -0.2) is 38.7 Å². The van der Waals surface area contributed by atoms with Gasteiger partial charge >= 0.3 is 35.5 Å². The van der Waals surface area contributed by atoms with Crippen molar-refractivity contribution in [3.8, 4) is 0 Å². The molecule has 0 aliphatic carbocycles. The topological polar surface area (TPSA) is 65.0 Å². The van der Waals surface area contributed by atoms with Crippen molar-refractivity contribution in [2.75, 3.05) is 21.3 Å². The number of carbonyl (C=O) groups excluding carboxylic acids is 1. The van der Waals surface area contributed by atoms with E-state index in [2.05, 4.69) is 4.74 Å². The van der Waals surface area contributed by atoms with Gasteiger partial charge in [-0.15, -0.1) is 0 Å². The van der Waals surface area contributed by atoms with Crippen LogP contribution < -0.4 is 29.6 Å². The van der Waals surface area contributed by atoms with Crippen molar-refractivity contribution in [3.63, 3.8) is 0 Å². The van der Waals surface area contributed by atoms with Crippen LogP contribution in [0.2, 0.25) is 0 Å². The number of aliphatic hydroxyl groups is 1. The van der Waals surface area contributed by atoms with E-state index in [-0.39, 0.29) is 36.6 Å². The zero-order valence-corrected chi connectivity index (χ0v) is 10.2. The predicted octanol–water partition coefficient (Wildman–Crippen LogP) is -2.66. The molecule has 0 aromatic rings. The van der Waals surface area contributed by atoms with Crippen LogP contribution in [0.1, 0.15) is 1.43 Å². The monoisotopic (exact) mass is 200 g/mol. The summed E-state index contributed by atoms with van der Waals surface area (Å²) in [5.74, 6) is -0.689. The van der Waals surface area contributed by atoms with Crippen molar-refractivity contribution in [2.24, 2.45) is 0 Å². The van der Waals surface area contributed by atoms with Crippen LogP contribution in [0.3, 0.4) is 0 Å². The van der Waals surface area contributed by atoms with Gasteiger partial charge < -0.3 is 20.7 Å². The summed E-state index contributed by atoms with van der Waals surface area (Å²) in [6, 6.07) is 0. The van der Waals surface area contributed by atoms with Crippen molar-refractivity contribution >= 4 is 5.97 Å². The molecule has 1 N–H and O–H groups in total. The van der Waals surface area contributed by atoms with Gasteiger partial charge in [-0.25, -0.2) is 4.79 Å². The molecule has 0 aromatic heterocycles. The van der Waals surface area contributed by atoms with Crippen molar-refractivity contribution in [1.29, 1.82) is 0 Å². The minimum Gasteiger partial charge on any atom is -1.00 e. The molecule has 0 aromatic carbocycles. The Kier molecular flexibility index (Phi) is 10.1. The average Bonchev–Trinajstić information content (AvgIpc) is 2.12. The minimum atomic E-state index is -0.901. The molecular formula is C7H13NaO5. The van der Waals surface area contributed by atoms with Gasteiger partial charge in [-0.1, -0.05) is 0 Å². The van der Waals surface area contributed by atoms with Gasteiger partial charge in [0, 0.05) is 14.2 Å².